The minimum atomic E-state index is -0.567. The molecule has 0 spiro atoms. The van der Waals surface area contributed by atoms with Gasteiger partial charge in [0, 0.05) is 32.8 Å². The fraction of sp³-hybridized carbons (Fsp3) is 0.412. The van der Waals surface area contributed by atoms with Crippen LogP contribution in [-0.4, -0.2) is 57.8 Å². The van der Waals surface area contributed by atoms with E-state index in [2.05, 4.69) is 29.2 Å². The number of fused-ring (bicyclic) bond motifs is 7. The smallest absolute Gasteiger partial charge is 0.491 e. The summed E-state index contributed by atoms with van der Waals surface area (Å²) in [6.45, 7) is 4.44. The molecule has 0 amide bonds. The quantitative estimate of drug-likeness (QED) is 0.810. The first-order valence-electron chi connectivity index (χ1n) is 8.09. The molecule has 3 heterocycles. The van der Waals surface area contributed by atoms with Gasteiger partial charge in [-0.3, -0.25) is 4.90 Å². The molecule has 1 atom stereocenters. The van der Waals surface area contributed by atoms with Crippen LogP contribution in [0.15, 0.2) is 42.5 Å². The van der Waals surface area contributed by atoms with Crippen molar-refractivity contribution in [2.24, 2.45) is 0 Å². The van der Waals surface area contributed by atoms with E-state index in [4.69, 9.17) is 18.7 Å². The van der Waals surface area contributed by atoms with Gasteiger partial charge in [-0.15, -0.1) is 0 Å². The number of nitrogens with zero attached hydrogens (tertiary/aromatic N) is 1. The van der Waals surface area contributed by atoms with Gasteiger partial charge >= 0.3 is 7.32 Å². The monoisotopic (exact) mass is 313 g/mol. The molecule has 0 saturated carbocycles. The van der Waals surface area contributed by atoms with Gasteiger partial charge in [-0.05, 0) is 22.9 Å². The topological polar surface area (TPSA) is 40.2 Å². The Labute approximate surface area is 136 Å². The van der Waals surface area contributed by atoms with Gasteiger partial charge in [-0.1, -0.05) is 30.3 Å². The van der Waals surface area contributed by atoms with Gasteiger partial charge in [0.25, 0.3) is 0 Å². The number of benzene rings is 2. The average Bonchev–Trinajstić information content (AvgIpc) is 2.52. The minimum absolute atomic E-state index is 0.0629. The van der Waals surface area contributed by atoms with Gasteiger partial charge < -0.3 is 18.7 Å². The average molecular weight is 313 g/mol. The van der Waals surface area contributed by atoms with Crippen LogP contribution in [0.2, 0.25) is 0 Å². The van der Waals surface area contributed by atoms with Crippen molar-refractivity contribution in [1.29, 1.82) is 0 Å². The van der Waals surface area contributed by atoms with Crippen molar-refractivity contribution in [3.05, 3.63) is 42.5 Å². The number of rotatable bonds is 3. The lowest BCUT2D eigenvalue weighted by atomic mass is 10.1. The lowest BCUT2D eigenvalue weighted by Crippen LogP contribution is -2.51. The lowest BCUT2D eigenvalue weighted by Gasteiger charge is -2.34. The van der Waals surface area contributed by atoms with Crippen molar-refractivity contribution in [3.8, 4) is 5.75 Å². The van der Waals surface area contributed by atoms with Crippen molar-refractivity contribution in [3.63, 3.8) is 0 Å². The molecule has 0 aromatic heterocycles. The molecule has 0 radical (unpaired) electrons. The molecule has 5 nitrogen and oxygen atoms in total. The summed E-state index contributed by atoms with van der Waals surface area (Å²) in [5.41, 5.74) is 0. The normalized spacial score (nSPS) is 25.0. The molecule has 0 aliphatic carbocycles. The molecular weight excluding hydrogens is 293 g/mol. The zero-order valence-corrected chi connectivity index (χ0v) is 13.0. The molecule has 0 N–H and O–H groups in total. The molecule has 0 unspecified atom stereocenters. The van der Waals surface area contributed by atoms with E-state index in [1.54, 1.807) is 0 Å². The first kappa shape index (κ1) is 15.0. The van der Waals surface area contributed by atoms with E-state index in [9.17, 15) is 0 Å². The highest BCUT2D eigenvalue weighted by atomic mass is 16.7. The van der Waals surface area contributed by atoms with E-state index >= 15 is 0 Å². The van der Waals surface area contributed by atoms with Crippen LogP contribution in [0.1, 0.15) is 0 Å². The zero-order valence-electron chi connectivity index (χ0n) is 13.0. The number of hydrogen-bond donors (Lipinski definition) is 0. The highest BCUT2D eigenvalue weighted by molar-refractivity contribution is 6.36. The molecule has 23 heavy (non-hydrogen) atoms. The van der Waals surface area contributed by atoms with E-state index in [1.165, 1.54) is 10.8 Å². The Morgan fingerprint density at radius 1 is 1.04 bits per heavy atom. The van der Waals surface area contributed by atoms with E-state index in [0.29, 0.717) is 19.8 Å². The fourth-order valence-corrected chi connectivity index (χ4v) is 3.00. The van der Waals surface area contributed by atoms with Crippen LogP contribution in [0.5, 0.6) is 5.75 Å². The molecular formula is C17H20BNO4. The fourth-order valence-electron chi connectivity index (χ4n) is 3.00. The van der Waals surface area contributed by atoms with Crippen molar-refractivity contribution in [2.45, 2.75) is 6.10 Å². The highest BCUT2D eigenvalue weighted by Crippen LogP contribution is 2.21. The molecule has 3 saturated heterocycles. The van der Waals surface area contributed by atoms with E-state index in [1.807, 2.05) is 18.2 Å². The van der Waals surface area contributed by atoms with Crippen LogP contribution in [0.25, 0.3) is 10.8 Å². The second-order valence-corrected chi connectivity index (χ2v) is 5.91. The van der Waals surface area contributed by atoms with Gasteiger partial charge in [0.1, 0.15) is 12.4 Å². The van der Waals surface area contributed by atoms with Crippen molar-refractivity contribution in [1.82, 2.24) is 4.90 Å². The number of hydrogen-bond acceptors (Lipinski definition) is 5. The summed E-state index contributed by atoms with van der Waals surface area (Å²) in [5, 5.41) is 2.39. The Hall–Kier alpha value is -1.60. The summed E-state index contributed by atoms with van der Waals surface area (Å²) in [6, 6.07) is 14.4. The van der Waals surface area contributed by atoms with Crippen LogP contribution < -0.4 is 4.74 Å². The Morgan fingerprint density at radius 2 is 1.83 bits per heavy atom. The van der Waals surface area contributed by atoms with Crippen LogP contribution in [0, 0.1) is 0 Å². The first-order valence-corrected chi connectivity index (χ1v) is 8.09. The third kappa shape index (κ3) is 3.67. The van der Waals surface area contributed by atoms with E-state index in [0.717, 1.165) is 25.4 Å². The third-order valence-corrected chi connectivity index (χ3v) is 4.25. The third-order valence-electron chi connectivity index (χ3n) is 4.25. The molecule has 3 aliphatic rings. The maximum Gasteiger partial charge on any atom is 0.639 e. The predicted molar refractivity (Wildman–Crippen MR) is 88.4 cm³/mol. The van der Waals surface area contributed by atoms with E-state index < -0.39 is 7.32 Å². The summed E-state index contributed by atoms with van der Waals surface area (Å²) in [6.07, 6.45) is -0.0629. The van der Waals surface area contributed by atoms with Gasteiger partial charge in [-0.2, -0.15) is 0 Å². The summed E-state index contributed by atoms with van der Waals surface area (Å²) in [7, 11) is -0.567. The molecule has 2 bridgehead atoms. The molecule has 2 aromatic rings. The SMILES string of the molecule is c1ccc2cc(OC[C@H]3CN4CCOB(OCC4)O3)ccc2c1. The maximum atomic E-state index is 5.95. The van der Waals surface area contributed by atoms with Crippen LogP contribution in [0.3, 0.4) is 0 Å². The van der Waals surface area contributed by atoms with Crippen molar-refractivity contribution < 1.29 is 18.7 Å². The second kappa shape index (κ2) is 6.89. The molecule has 6 heteroatoms. The Balaban J connectivity index is 1.42. The molecule has 2 aromatic carbocycles. The molecule has 3 fully saturated rings. The van der Waals surface area contributed by atoms with Gasteiger partial charge in [0.15, 0.2) is 0 Å². The summed E-state index contributed by atoms with van der Waals surface area (Å²) in [5.74, 6) is 0.858. The van der Waals surface area contributed by atoms with Crippen LogP contribution >= 0.6 is 0 Å². The number of ether oxygens (including phenoxy) is 1. The van der Waals surface area contributed by atoms with Crippen LogP contribution in [-0.2, 0) is 14.0 Å². The Bertz CT molecular complexity index is 644. The van der Waals surface area contributed by atoms with Crippen molar-refractivity contribution in [2.75, 3.05) is 39.5 Å². The van der Waals surface area contributed by atoms with E-state index in [-0.39, 0.29) is 6.10 Å². The molecule has 3 aliphatic heterocycles. The molecule has 5 rings (SSSR count). The van der Waals surface area contributed by atoms with Gasteiger partial charge in [0.2, 0.25) is 0 Å². The Morgan fingerprint density at radius 3 is 2.65 bits per heavy atom. The van der Waals surface area contributed by atoms with Gasteiger partial charge in [0.05, 0.1) is 6.10 Å². The Kier molecular flexibility index (Phi) is 4.48. The maximum absolute atomic E-state index is 5.95. The van der Waals surface area contributed by atoms with Crippen molar-refractivity contribution >= 4 is 18.1 Å². The summed E-state index contributed by atoms with van der Waals surface area (Å²) < 4.78 is 22.9. The summed E-state index contributed by atoms with van der Waals surface area (Å²) >= 11 is 0. The summed E-state index contributed by atoms with van der Waals surface area (Å²) in [4.78, 5) is 2.30. The lowest BCUT2D eigenvalue weighted by molar-refractivity contribution is -0.0321. The predicted octanol–water partition coefficient (Wildman–Crippen LogP) is 1.95. The second-order valence-electron chi connectivity index (χ2n) is 5.91. The molecule has 120 valence electrons. The first-order chi connectivity index (χ1) is 11.4. The van der Waals surface area contributed by atoms with Crippen LogP contribution in [0.4, 0.5) is 0 Å². The zero-order chi connectivity index (χ0) is 15.5. The standard InChI is InChI=1S/C17H20BNO4/c1-2-4-15-11-16(6-5-14(15)3-1)20-13-17-12-19-7-9-21-18(23-17)22-10-8-19/h1-6,11,17H,7-10,12-13H2/t17-/m1/s1. The minimum Gasteiger partial charge on any atom is -0.491 e. The highest BCUT2D eigenvalue weighted by Gasteiger charge is 2.32. The largest absolute Gasteiger partial charge is 0.639 e. The van der Waals surface area contributed by atoms with Gasteiger partial charge in [-0.25, -0.2) is 0 Å².